The van der Waals surface area contributed by atoms with E-state index in [2.05, 4.69) is 32.4 Å². The summed E-state index contributed by atoms with van der Waals surface area (Å²) in [5, 5.41) is 12.3. The maximum absolute atomic E-state index is 13.7. The fourth-order valence-corrected chi connectivity index (χ4v) is 4.49. The fraction of sp³-hybridized carbons (Fsp3) is 0.348. The molecule has 1 saturated heterocycles. The first-order chi connectivity index (χ1) is 16.0. The summed E-state index contributed by atoms with van der Waals surface area (Å²) in [6.45, 7) is 5.20. The van der Waals surface area contributed by atoms with E-state index in [1.54, 1.807) is 30.6 Å². The van der Waals surface area contributed by atoms with Crippen LogP contribution in [0.3, 0.4) is 0 Å². The third kappa shape index (κ3) is 4.28. The zero-order chi connectivity index (χ0) is 22.9. The van der Waals surface area contributed by atoms with Gasteiger partial charge >= 0.3 is 0 Å². The summed E-state index contributed by atoms with van der Waals surface area (Å²) < 4.78 is 5.80. The Hall–Kier alpha value is -3.46. The number of rotatable bonds is 5. The maximum Gasteiger partial charge on any atom is 0.295 e. The minimum atomic E-state index is -0.131. The first-order valence-electron chi connectivity index (χ1n) is 10.9. The van der Waals surface area contributed by atoms with E-state index < -0.39 is 0 Å². The quantitative estimate of drug-likeness (QED) is 0.473. The average Bonchev–Trinajstić information content (AvgIpc) is 3.47. The van der Waals surface area contributed by atoms with Crippen LogP contribution in [-0.2, 0) is 0 Å². The van der Waals surface area contributed by atoms with Crippen LogP contribution in [0, 0.1) is 12.8 Å². The molecule has 5 rings (SSSR count). The van der Waals surface area contributed by atoms with Crippen LogP contribution in [0.15, 0.2) is 47.1 Å². The molecule has 170 valence electrons. The van der Waals surface area contributed by atoms with Gasteiger partial charge in [0.15, 0.2) is 11.3 Å². The summed E-state index contributed by atoms with van der Waals surface area (Å²) >= 11 is 6.06. The van der Waals surface area contributed by atoms with Gasteiger partial charge < -0.3 is 14.6 Å². The molecule has 1 aliphatic heterocycles. The van der Waals surface area contributed by atoms with Crippen LogP contribution in [-0.4, -0.2) is 54.9 Å². The number of hydrogen-bond donors (Lipinski definition) is 1. The number of fused-ring (bicyclic) bond motifs is 1. The number of nitrogens with zero attached hydrogens (tertiary/aromatic N) is 6. The number of aryl methyl sites for hydroxylation is 1. The van der Waals surface area contributed by atoms with Crippen LogP contribution in [0.1, 0.15) is 35.9 Å². The second kappa shape index (κ2) is 8.82. The van der Waals surface area contributed by atoms with Crippen molar-refractivity contribution in [3.05, 3.63) is 59.1 Å². The number of carbonyl (C=O) groups excluding carboxylic acids is 1. The minimum absolute atomic E-state index is 0.0504. The third-order valence-corrected chi connectivity index (χ3v) is 6.27. The second-order valence-electron chi connectivity index (χ2n) is 8.34. The highest BCUT2D eigenvalue weighted by atomic mass is 35.5. The van der Waals surface area contributed by atoms with E-state index in [0.717, 1.165) is 18.5 Å². The molecule has 4 aromatic rings. The number of aromatic nitrogens is 5. The van der Waals surface area contributed by atoms with Crippen molar-refractivity contribution in [3.8, 4) is 5.69 Å². The lowest BCUT2D eigenvalue weighted by atomic mass is 9.90. The van der Waals surface area contributed by atoms with Crippen molar-refractivity contribution in [2.24, 2.45) is 5.92 Å². The predicted molar refractivity (Wildman–Crippen MR) is 125 cm³/mol. The normalized spacial score (nSPS) is 18.6. The third-order valence-electron chi connectivity index (χ3n) is 6.04. The van der Waals surface area contributed by atoms with Gasteiger partial charge in [0, 0.05) is 23.8 Å². The Bertz CT molecular complexity index is 1290. The van der Waals surface area contributed by atoms with Crippen LogP contribution in [0.4, 0.5) is 6.01 Å². The van der Waals surface area contributed by atoms with Crippen LogP contribution in [0.25, 0.3) is 16.8 Å². The number of anilines is 1. The largest absolute Gasteiger partial charge is 0.424 e. The molecule has 0 radical (unpaired) electrons. The van der Waals surface area contributed by atoms with E-state index in [1.807, 2.05) is 24.0 Å². The van der Waals surface area contributed by atoms with E-state index in [4.69, 9.17) is 16.0 Å². The smallest absolute Gasteiger partial charge is 0.295 e. The van der Waals surface area contributed by atoms with Crippen LogP contribution >= 0.6 is 11.6 Å². The molecule has 0 saturated carbocycles. The van der Waals surface area contributed by atoms with Crippen molar-refractivity contribution in [1.82, 2.24) is 29.9 Å². The lowest BCUT2D eigenvalue weighted by molar-refractivity contribution is 0.0532. The Kier molecular flexibility index (Phi) is 5.72. The Labute approximate surface area is 195 Å². The number of oxazole rings is 1. The summed E-state index contributed by atoms with van der Waals surface area (Å²) in [6, 6.07) is 9.37. The Morgan fingerprint density at radius 1 is 1.21 bits per heavy atom. The molecule has 1 fully saturated rings. The van der Waals surface area contributed by atoms with Gasteiger partial charge in [-0.15, -0.1) is 4.80 Å². The zero-order valence-electron chi connectivity index (χ0n) is 18.4. The van der Waals surface area contributed by atoms with Crippen molar-refractivity contribution in [1.29, 1.82) is 0 Å². The molecule has 2 unspecified atom stereocenters. The van der Waals surface area contributed by atoms with Gasteiger partial charge in [-0.3, -0.25) is 4.79 Å². The lowest BCUT2D eigenvalue weighted by Crippen LogP contribution is -2.51. The monoisotopic (exact) mass is 465 g/mol. The molecule has 33 heavy (non-hydrogen) atoms. The van der Waals surface area contributed by atoms with Crippen molar-refractivity contribution < 1.29 is 9.21 Å². The van der Waals surface area contributed by atoms with Crippen LogP contribution < -0.4 is 5.32 Å². The minimum Gasteiger partial charge on any atom is -0.424 e. The molecule has 0 bridgehead atoms. The van der Waals surface area contributed by atoms with Gasteiger partial charge in [-0.25, -0.2) is 4.98 Å². The van der Waals surface area contributed by atoms with Gasteiger partial charge in [0.25, 0.3) is 11.9 Å². The Balaban J connectivity index is 1.40. The van der Waals surface area contributed by atoms with Crippen LogP contribution in [0.2, 0.25) is 5.02 Å². The highest BCUT2D eigenvalue weighted by Crippen LogP contribution is 2.28. The number of benzene rings is 1. The Morgan fingerprint density at radius 2 is 2.03 bits per heavy atom. The van der Waals surface area contributed by atoms with Crippen LogP contribution in [0.5, 0.6) is 0 Å². The number of amides is 1. The fourth-order valence-electron chi connectivity index (χ4n) is 4.32. The number of hydrogen-bond acceptors (Lipinski definition) is 7. The molecule has 10 heteroatoms. The van der Waals surface area contributed by atoms with E-state index in [1.165, 1.54) is 4.80 Å². The zero-order valence-corrected chi connectivity index (χ0v) is 19.2. The number of halogens is 1. The lowest BCUT2D eigenvalue weighted by Gasteiger charge is -2.40. The molecule has 1 amide bonds. The van der Waals surface area contributed by atoms with Gasteiger partial charge in [0.05, 0.1) is 18.4 Å². The molecule has 9 nitrogen and oxygen atoms in total. The molecule has 1 aromatic carbocycles. The number of piperidine rings is 1. The van der Waals surface area contributed by atoms with Crippen molar-refractivity contribution in [2.75, 3.05) is 18.4 Å². The molecule has 2 atom stereocenters. The van der Waals surface area contributed by atoms with Crippen molar-refractivity contribution in [3.63, 3.8) is 0 Å². The highest BCUT2D eigenvalue weighted by molar-refractivity contribution is 6.31. The first-order valence-corrected chi connectivity index (χ1v) is 11.3. The summed E-state index contributed by atoms with van der Waals surface area (Å²) in [6.07, 6.45) is 5.13. The molecule has 1 aliphatic rings. The van der Waals surface area contributed by atoms with E-state index in [0.29, 0.717) is 52.5 Å². The number of pyridine rings is 1. The van der Waals surface area contributed by atoms with Gasteiger partial charge in [-0.2, -0.15) is 15.2 Å². The molecule has 4 heterocycles. The Morgan fingerprint density at radius 3 is 2.85 bits per heavy atom. The summed E-state index contributed by atoms with van der Waals surface area (Å²) in [5.74, 6) is 0.166. The molecule has 1 N–H and O–H groups in total. The molecule has 3 aromatic heterocycles. The second-order valence-corrected chi connectivity index (χ2v) is 8.77. The van der Waals surface area contributed by atoms with E-state index in [9.17, 15) is 4.79 Å². The van der Waals surface area contributed by atoms with Crippen molar-refractivity contribution in [2.45, 2.75) is 32.7 Å². The van der Waals surface area contributed by atoms with E-state index in [-0.39, 0.29) is 11.9 Å². The SMILES string of the molecule is Cc1ccc(-n2nccn2)c(C(=O)N2CCCC(C)C2CNc2nc3cc(Cl)ccc3o2)n1. The summed E-state index contributed by atoms with van der Waals surface area (Å²) in [7, 11) is 0. The molecular weight excluding hydrogens is 442 g/mol. The first kappa shape index (κ1) is 21.4. The van der Waals surface area contributed by atoms with Gasteiger partial charge in [0.2, 0.25) is 0 Å². The number of likely N-dealkylation sites (tertiary alicyclic amines) is 1. The van der Waals surface area contributed by atoms with E-state index >= 15 is 0 Å². The molecular formula is C23H24ClN7O2. The van der Waals surface area contributed by atoms with Gasteiger partial charge in [0.1, 0.15) is 11.2 Å². The number of nitrogens with one attached hydrogen (secondary N) is 1. The highest BCUT2D eigenvalue weighted by Gasteiger charge is 2.34. The average molecular weight is 466 g/mol. The maximum atomic E-state index is 13.7. The topological polar surface area (TPSA) is 102 Å². The molecule has 0 aliphatic carbocycles. The predicted octanol–water partition coefficient (Wildman–Crippen LogP) is 4.12. The van der Waals surface area contributed by atoms with Crippen molar-refractivity contribution >= 4 is 34.6 Å². The van der Waals surface area contributed by atoms with Gasteiger partial charge in [-0.1, -0.05) is 18.5 Å². The molecule has 0 spiro atoms. The standard InChI is InChI=1S/C23H24ClN7O2/c1-14-4-3-11-30(19(14)13-25-23-29-17-12-16(24)6-8-20(17)33-23)22(32)21-18(7-5-15(2)28-21)31-26-9-10-27-31/h5-10,12,14,19H,3-4,11,13H2,1-2H3,(H,25,29). The van der Waals surface area contributed by atoms with Gasteiger partial charge in [-0.05, 0) is 56.0 Å². The summed E-state index contributed by atoms with van der Waals surface area (Å²) in [5.41, 5.74) is 3.03. The summed E-state index contributed by atoms with van der Waals surface area (Å²) in [4.78, 5) is 26.1. The number of carbonyl (C=O) groups is 1.